The van der Waals surface area contributed by atoms with E-state index >= 15 is 0 Å². The van der Waals surface area contributed by atoms with Gasteiger partial charge in [-0.15, -0.1) is 11.3 Å². The van der Waals surface area contributed by atoms with E-state index in [1.165, 1.54) is 30.0 Å². The Kier molecular flexibility index (Phi) is 5.91. The Hall–Kier alpha value is -1.91. The molecule has 0 saturated heterocycles. The number of sulfonamides is 1. The highest BCUT2D eigenvalue weighted by molar-refractivity contribution is 8.01. The maximum Gasteiger partial charge on any atom is 0.265 e. The summed E-state index contributed by atoms with van der Waals surface area (Å²) in [6.45, 7) is 3.81. The van der Waals surface area contributed by atoms with Crippen molar-refractivity contribution in [3.05, 3.63) is 63.9 Å². The third-order valence-electron chi connectivity index (χ3n) is 4.06. The summed E-state index contributed by atoms with van der Waals surface area (Å²) in [5.41, 5.74) is 2.73. The molecule has 0 aliphatic rings. The standard InChI is InChI=1S/C19H14Cl2N4O2S3/c1-10-3-5-15-14(7-10)24-19(28-15)29-16-9-22-18(23-11(16)2)25-30(26,27)17-6-4-12(20)8-13(17)21/h3-9H,1-2H3,(H,22,23,25). The zero-order valence-corrected chi connectivity index (χ0v) is 19.6. The van der Waals surface area contributed by atoms with Crippen LogP contribution in [0, 0.1) is 13.8 Å². The smallest absolute Gasteiger partial charge is 0.247 e. The molecule has 4 rings (SSSR count). The third kappa shape index (κ3) is 4.55. The lowest BCUT2D eigenvalue weighted by Crippen LogP contribution is -2.16. The Bertz CT molecular complexity index is 1370. The van der Waals surface area contributed by atoms with Crippen LogP contribution < -0.4 is 4.72 Å². The van der Waals surface area contributed by atoms with Gasteiger partial charge in [-0.25, -0.2) is 28.1 Å². The minimum atomic E-state index is -3.95. The summed E-state index contributed by atoms with van der Waals surface area (Å²) in [6.07, 6.45) is 1.58. The van der Waals surface area contributed by atoms with Crippen molar-refractivity contribution in [3.63, 3.8) is 0 Å². The number of rotatable bonds is 5. The van der Waals surface area contributed by atoms with E-state index in [1.54, 1.807) is 24.5 Å². The number of nitrogens with one attached hydrogen (secondary N) is 1. The Balaban J connectivity index is 1.56. The van der Waals surface area contributed by atoms with E-state index in [1.807, 2.05) is 13.0 Å². The van der Waals surface area contributed by atoms with Gasteiger partial charge in [-0.2, -0.15) is 0 Å². The molecule has 0 fully saturated rings. The van der Waals surface area contributed by atoms with Gasteiger partial charge < -0.3 is 0 Å². The summed E-state index contributed by atoms with van der Waals surface area (Å²) in [5.74, 6) is -0.0391. The lowest BCUT2D eigenvalue weighted by molar-refractivity contribution is 0.601. The quantitative estimate of drug-likeness (QED) is 0.366. The summed E-state index contributed by atoms with van der Waals surface area (Å²) in [6, 6.07) is 10.3. The first kappa shape index (κ1) is 21.3. The van der Waals surface area contributed by atoms with Crippen LogP contribution in [0.5, 0.6) is 0 Å². The van der Waals surface area contributed by atoms with Crippen molar-refractivity contribution in [2.75, 3.05) is 4.72 Å². The first-order valence-electron chi connectivity index (χ1n) is 8.58. The van der Waals surface area contributed by atoms with Gasteiger partial charge in [0.2, 0.25) is 5.95 Å². The molecule has 0 spiro atoms. The van der Waals surface area contributed by atoms with Crippen LogP contribution in [0.1, 0.15) is 11.3 Å². The van der Waals surface area contributed by atoms with Crippen molar-refractivity contribution < 1.29 is 8.42 Å². The molecular formula is C19H14Cl2N4O2S3. The summed E-state index contributed by atoms with van der Waals surface area (Å²) in [7, 11) is -3.95. The Morgan fingerprint density at radius 1 is 1.07 bits per heavy atom. The number of halogens is 2. The molecule has 2 aromatic heterocycles. The predicted molar refractivity (Wildman–Crippen MR) is 123 cm³/mol. The Labute approximate surface area is 191 Å². The zero-order valence-electron chi connectivity index (χ0n) is 15.7. The van der Waals surface area contributed by atoms with Crippen LogP contribution in [0.2, 0.25) is 10.0 Å². The minimum absolute atomic E-state index is 0.0185. The van der Waals surface area contributed by atoms with E-state index in [9.17, 15) is 8.42 Å². The molecule has 0 saturated carbocycles. The van der Waals surface area contributed by atoms with E-state index < -0.39 is 10.0 Å². The van der Waals surface area contributed by atoms with Crippen LogP contribution in [-0.2, 0) is 10.0 Å². The van der Waals surface area contributed by atoms with E-state index in [0.29, 0.717) is 10.7 Å². The first-order valence-corrected chi connectivity index (χ1v) is 12.4. The molecule has 2 heterocycles. The molecule has 0 radical (unpaired) electrons. The largest absolute Gasteiger partial charge is 0.265 e. The summed E-state index contributed by atoms with van der Waals surface area (Å²) < 4.78 is 29.6. The van der Waals surface area contributed by atoms with E-state index in [4.69, 9.17) is 23.2 Å². The molecule has 2 aromatic carbocycles. The molecule has 0 amide bonds. The maximum absolute atomic E-state index is 12.6. The van der Waals surface area contributed by atoms with E-state index in [0.717, 1.165) is 25.0 Å². The fourth-order valence-corrected chi connectivity index (χ4v) is 6.37. The van der Waals surface area contributed by atoms with Gasteiger partial charge in [0.05, 0.1) is 25.8 Å². The minimum Gasteiger partial charge on any atom is -0.247 e. The highest BCUT2D eigenvalue weighted by Crippen LogP contribution is 2.35. The summed E-state index contributed by atoms with van der Waals surface area (Å²) in [4.78, 5) is 13.8. The number of nitrogens with zero attached hydrogens (tertiary/aromatic N) is 3. The number of anilines is 1. The zero-order chi connectivity index (χ0) is 21.5. The maximum atomic E-state index is 12.6. The average Bonchev–Trinajstić information content (AvgIpc) is 3.04. The Morgan fingerprint density at radius 3 is 2.60 bits per heavy atom. The Morgan fingerprint density at radius 2 is 1.87 bits per heavy atom. The van der Waals surface area contributed by atoms with Gasteiger partial charge in [-0.05, 0) is 49.7 Å². The molecule has 6 nitrogen and oxygen atoms in total. The summed E-state index contributed by atoms with van der Waals surface area (Å²) in [5, 5.41) is 0.363. The van der Waals surface area contributed by atoms with Crippen molar-refractivity contribution in [1.82, 2.24) is 15.0 Å². The van der Waals surface area contributed by atoms with Gasteiger partial charge in [0.15, 0.2) is 4.34 Å². The van der Waals surface area contributed by atoms with Crippen LogP contribution >= 0.6 is 46.3 Å². The van der Waals surface area contributed by atoms with E-state index in [2.05, 4.69) is 31.8 Å². The molecule has 0 unspecified atom stereocenters. The lowest BCUT2D eigenvalue weighted by atomic mass is 10.2. The number of fused-ring (bicyclic) bond motifs is 1. The van der Waals surface area contributed by atoms with Crippen LogP contribution in [0.4, 0.5) is 5.95 Å². The highest BCUT2D eigenvalue weighted by atomic mass is 35.5. The van der Waals surface area contributed by atoms with Crippen molar-refractivity contribution in [1.29, 1.82) is 0 Å². The molecule has 0 aliphatic carbocycles. The molecule has 4 aromatic rings. The molecule has 30 heavy (non-hydrogen) atoms. The monoisotopic (exact) mass is 496 g/mol. The van der Waals surface area contributed by atoms with Crippen molar-refractivity contribution in [2.24, 2.45) is 0 Å². The second-order valence-corrected chi connectivity index (χ2v) is 11.2. The molecule has 154 valence electrons. The van der Waals surface area contributed by atoms with Crippen molar-refractivity contribution in [2.45, 2.75) is 28.0 Å². The van der Waals surface area contributed by atoms with Gasteiger partial charge >= 0.3 is 0 Å². The molecular weight excluding hydrogens is 483 g/mol. The predicted octanol–water partition coefficient (Wildman–Crippen LogP) is 5.96. The van der Waals surface area contributed by atoms with Gasteiger partial charge in [0, 0.05) is 11.2 Å². The second-order valence-electron chi connectivity index (χ2n) is 6.38. The number of hydrogen-bond donors (Lipinski definition) is 1. The molecule has 0 bridgehead atoms. The van der Waals surface area contributed by atoms with Crippen molar-refractivity contribution in [3.8, 4) is 0 Å². The molecule has 1 N–H and O–H groups in total. The molecule has 0 atom stereocenters. The fraction of sp³-hybridized carbons (Fsp3) is 0.105. The lowest BCUT2D eigenvalue weighted by Gasteiger charge is -2.10. The molecule has 0 aliphatic heterocycles. The highest BCUT2D eigenvalue weighted by Gasteiger charge is 2.20. The number of benzene rings is 2. The van der Waals surface area contributed by atoms with Crippen LogP contribution in [-0.4, -0.2) is 23.4 Å². The van der Waals surface area contributed by atoms with Crippen LogP contribution in [0.15, 0.2) is 56.7 Å². The second kappa shape index (κ2) is 8.32. The normalized spacial score (nSPS) is 11.7. The van der Waals surface area contributed by atoms with Crippen molar-refractivity contribution >= 4 is 72.5 Å². The van der Waals surface area contributed by atoms with Gasteiger partial charge in [-0.3, -0.25) is 0 Å². The van der Waals surface area contributed by atoms with Gasteiger partial charge in [0.25, 0.3) is 10.0 Å². The SMILES string of the molecule is Cc1ccc2sc(Sc3cnc(NS(=O)(=O)c4ccc(Cl)cc4Cl)nc3C)nc2c1. The van der Waals surface area contributed by atoms with Gasteiger partial charge in [0.1, 0.15) is 4.90 Å². The number of hydrogen-bond acceptors (Lipinski definition) is 7. The van der Waals surface area contributed by atoms with Gasteiger partial charge in [-0.1, -0.05) is 41.0 Å². The topological polar surface area (TPSA) is 84.8 Å². The fourth-order valence-electron chi connectivity index (χ4n) is 2.63. The first-order chi connectivity index (χ1) is 14.2. The van der Waals surface area contributed by atoms with E-state index in [-0.39, 0.29) is 15.9 Å². The number of aryl methyl sites for hydroxylation is 2. The molecule has 11 heteroatoms. The average molecular weight is 497 g/mol. The third-order valence-corrected chi connectivity index (χ3v) is 8.33. The summed E-state index contributed by atoms with van der Waals surface area (Å²) >= 11 is 14.9. The number of aromatic nitrogens is 3. The van der Waals surface area contributed by atoms with Crippen LogP contribution in [0.3, 0.4) is 0 Å². The number of thiazole rings is 1. The van der Waals surface area contributed by atoms with Crippen LogP contribution in [0.25, 0.3) is 10.2 Å².